The number of hydrogen-bond donors (Lipinski definition) is 1. The van der Waals surface area contributed by atoms with Gasteiger partial charge in [-0.1, -0.05) is 6.42 Å². The highest BCUT2D eigenvalue weighted by molar-refractivity contribution is 5.88. The molecule has 102 valence electrons. The molecule has 2 aliphatic rings. The summed E-state index contributed by atoms with van der Waals surface area (Å²) in [5.74, 6) is 0.0578. The van der Waals surface area contributed by atoms with Gasteiger partial charge in [0.05, 0.1) is 7.11 Å². The SMILES string of the molecule is CON1CCN(C(=O)C2CCCCC(=O)N2)CC1. The smallest absolute Gasteiger partial charge is 0.245 e. The Kier molecular flexibility index (Phi) is 4.54. The maximum absolute atomic E-state index is 12.3. The third kappa shape index (κ3) is 3.20. The van der Waals surface area contributed by atoms with Gasteiger partial charge in [-0.25, -0.2) is 0 Å². The number of amides is 2. The zero-order valence-corrected chi connectivity index (χ0v) is 10.9. The molecule has 2 aliphatic heterocycles. The number of carbonyl (C=O) groups excluding carboxylic acids is 2. The molecule has 6 heteroatoms. The van der Waals surface area contributed by atoms with Crippen molar-refractivity contribution < 1.29 is 14.4 Å². The van der Waals surface area contributed by atoms with Crippen LogP contribution in [0.4, 0.5) is 0 Å². The summed E-state index contributed by atoms with van der Waals surface area (Å²) in [6, 6.07) is -0.325. The number of piperazine rings is 1. The van der Waals surface area contributed by atoms with Gasteiger partial charge in [0.15, 0.2) is 0 Å². The van der Waals surface area contributed by atoms with Gasteiger partial charge < -0.3 is 15.1 Å². The lowest BCUT2D eigenvalue weighted by Gasteiger charge is -2.35. The Hall–Kier alpha value is -1.14. The molecule has 2 saturated heterocycles. The van der Waals surface area contributed by atoms with Crippen molar-refractivity contribution in [3.05, 3.63) is 0 Å². The van der Waals surface area contributed by atoms with Crippen LogP contribution in [-0.4, -0.2) is 61.1 Å². The van der Waals surface area contributed by atoms with Crippen LogP contribution in [0.3, 0.4) is 0 Å². The Morgan fingerprint density at radius 1 is 1.28 bits per heavy atom. The van der Waals surface area contributed by atoms with Crippen molar-refractivity contribution in [1.82, 2.24) is 15.3 Å². The first-order valence-corrected chi connectivity index (χ1v) is 6.58. The fourth-order valence-corrected chi connectivity index (χ4v) is 2.47. The monoisotopic (exact) mass is 255 g/mol. The standard InChI is InChI=1S/C12H21N3O3/c1-18-15-8-6-14(7-9-15)12(17)10-4-2-3-5-11(16)13-10/h10H,2-9H2,1H3,(H,13,16). The van der Waals surface area contributed by atoms with E-state index >= 15 is 0 Å². The van der Waals surface area contributed by atoms with Crippen LogP contribution >= 0.6 is 0 Å². The molecule has 0 radical (unpaired) electrons. The molecule has 0 bridgehead atoms. The molecule has 2 heterocycles. The van der Waals surface area contributed by atoms with E-state index in [9.17, 15) is 9.59 Å². The van der Waals surface area contributed by atoms with Crippen LogP contribution in [0.25, 0.3) is 0 Å². The second-order valence-electron chi connectivity index (χ2n) is 4.80. The first kappa shape index (κ1) is 13.3. The molecule has 0 saturated carbocycles. The molecule has 1 N–H and O–H groups in total. The minimum atomic E-state index is -0.325. The summed E-state index contributed by atoms with van der Waals surface area (Å²) in [6.07, 6.45) is 3.12. The molecule has 2 amide bonds. The molecule has 0 aromatic rings. The van der Waals surface area contributed by atoms with Gasteiger partial charge >= 0.3 is 0 Å². The fraction of sp³-hybridized carbons (Fsp3) is 0.833. The van der Waals surface area contributed by atoms with Crippen LogP contribution in [-0.2, 0) is 14.4 Å². The van der Waals surface area contributed by atoms with Gasteiger partial charge in [0, 0.05) is 32.6 Å². The molecule has 1 atom stereocenters. The summed E-state index contributed by atoms with van der Waals surface area (Å²) in [7, 11) is 1.64. The van der Waals surface area contributed by atoms with Crippen LogP contribution < -0.4 is 5.32 Å². The largest absolute Gasteiger partial charge is 0.344 e. The number of nitrogens with one attached hydrogen (secondary N) is 1. The molecule has 0 spiro atoms. The molecule has 6 nitrogen and oxygen atoms in total. The maximum Gasteiger partial charge on any atom is 0.245 e. The predicted molar refractivity (Wildman–Crippen MR) is 65.6 cm³/mol. The number of carbonyl (C=O) groups is 2. The van der Waals surface area contributed by atoms with Crippen molar-refractivity contribution in [3.8, 4) is 0 Å². The quantitative estimate of drug-likeness (QED) is 0.739. The van der Waals surface area contributed by atoms with Crippen molar-refractivity contribution in [3.63, 3.8) is 0 Å². The number of nitrogens with zero attached hydrogens (tertiary/aromatic N) is 2. The summed E-state index contributed by atoms with van der Waals surface area (Å²) in [5.41, 5.74) is 0. The van der Waals surface area contributed by atoms with Gasteiger partial charge in [-0.2, -0.15) is 5.06 Å². The van der Waals surface area contributed by atoms with E-state index in [4.69, 9.17) is 4.84 Å². The van der Waals surface area contributed by atoms with E-state index in [1.165, 1.54) is 0 Å². The van der Waals surface area contributed by atoms with Crippen LogP contribution in [0.5, 0.6) is 0 Å². The second-order valence-corrected chi connectivity index (χ2v) is 4.80. The van der Waals surface area contributed by atoms with Crippen molar-refractivity contribution >= 4 is 11.8 Å². The minimum absolute atomic E-state index is 0.00128. The first-order chi connectivity index (χ1) is 8.70. The highest BCUT2D eigenvalue weighted by Crippen LogP contribution is 2.13. The number of hydrogen-bond acceptors (Lipinski definition) is 4. The van der Waals surface area contributed by atoms with Gasteiger partial charge in [0.25, 0.3) is 0 Å². The lowest BCUT2D eigenvalue weighted by molar-refractivity contribution is -0.162. The molecule has 1 unspecified atom stereocenters. The van der Waals surface area contributed by atoms with E-state index in [0.717, 1.165) is 32.4 Å². The van der Waals surface area contributed by atoms with Gasteiger partial charge in [-0.05, 0) is 12.8 Å². The van der Waals surface area contributed by atoms with E-state index in [-0.39, 0.29) is 17.9 Å². The van der Waals surface area contributed by atoms with Crippen molar-refractivity contribution in [2.75, 3.05) is 33.3 Å². The van der Waals surface area contributed by atoms with Gasteiger partial charge in [-0.3, -0.25) is 9.59 Å². The molecule has 0 aromatic heterocycles. The normalized spacial score (nSPS) is 26.6. The Balaban J connectivity index is 1.88. The summed E-state index contributed by atoms with van der Waals surface area (Å²) in [6.45, 7) is 2.78. The molecular formula is C12H21N3O3. The summed E-state index contributed by atoms with van der Waals surface area (Å²) < 4.78 is 0. The Morgan fingerprint density at radius 3 is 2.67 bits per heavy atom. The summed E-state index contributed by atoms with van der Waals surface area (Å²) in [4.78, 5) is 30.7. The summed E-state index contributed by atoms with van der Waals surface area (Å²) >= 11 is 0. The van der Waals surface area contributed by atoms with Crippen LogP contribution in [0, 0.1) is 0 Å². The van der Waals surface area contributed by atoms with Crippen LogP contribution in [0.2, 0.25) is 0 Å². The average Bonchev–Trinajstić information content (AvgIpc) is 2.63. The van der Waals surface area contributed by atoms with E-state index < -0.39 is 0 Å². The zero-order valence-electron chi connectivity index (χ0n) is 10.9. The van der Waals surface area contributed by atoms with Gasteiger partial charge in [0.2, 0.25) is 11.8 Å². The Labute approximate surface area is 107 Å². The van der Waals surface area contributed by atoms with Crippen molar-refractivity contribution in [1.29, 1.82) is 0 Å². The summed E-state index contributed by atoms with van der Waals surface area (Å²) in [5, 5.41) is 4.67. The van der Waals surface area contributed by atoms with Crippen molar-refractivity contribution in [2.24, 2.45) is 0 Å². The molecule has 0 aliphatic carbocycles. The molecular weight excluding hydrogens is 234 g/mol. The minimum Gasteiger partial charge on any atom is -0.344 e. The molecule has 2 rings (SSSR count). The van der Waals surface area contributed by atoms with E-state index in [2.05, 4.69) is 5.32 Å². The third-order valence-electron chi connectivity index (χ3n) is 3.59. The topological polar surface area (TPSA) is 61.9 Å². The predicted octanol–water partition coefficient (Wildman–Crippen LogP) is -0.249. The highest BCUT2D eigenvalue weighted by atomic mass is 16.7. The number of rotatable bonds is 2. The lowest BCUT2D eigenvalue weighted by Crippen LogP contribution is -2.54. The zero-order chi connectivity index (χ0) is 13.0. The lowest BCUT2D eigenvalue weighted by atomic mass is 10.1. The maximum atomic E-state index is 12.3. The average molecular weight is 255 g/mol. The molecule has 18 heavy (non-hydrogen) atoms. The third-order valence-corrected chi connectivity index (χ3v) is 3.59. The molecule has 0 aromatic carbocycles. The van der Waals surface area contributed by atoms with Crippen LogP contribution in [0.1, 0.15) is 25.7 Å². The van der Waals surface area contributed by atoms with E-state index in [1.807, 2.05) is 9.96 Å². The van der Waals surface area contributed by atoms with Gasteiger partial charge in [0.1, 0.15) is 6.04 Å². The highest BCUT2D eigenvalue weighted by Gasteiger charge is 2.29. The first-order valence-electron chi connectivity index (χ1n) is 6.58. The Morgan fingerprint density at radius 2 is 2.00 bits per heavy atom. The van der Waals surface area contributed by atoms with Crippen molar-refractivity contribution in [2.45, 2.75) is 31.7 Å². The van der Waals surface area contributed by atoms with Gasteiger partial charge in [-0.15, -0.1) is 0 Å². The van der Waals surface area contributed by atoms with Crippen LogP contribution in [0.15, 0.2) is 0 Å². The second kappa shape index (κ2) is 6.15. The molecule has 2 fully saturated rings. The van der Waals surface area contributed by atoms with E-state index in [0.29, 0.717) is 19.5 Å². The number of hydroxylamine groups is 2. The van der Waals surface area contributed by atoms with E-state index in [1.54, 1.807) is 7.11 Å². The fourth-order valence-electron chi connectivity index (χ4n) is 2.47. The Bertz CT molecular complexity index is 314.